The zero-order chi connectivity index (χ0) is 15.6. The molecule has 0 aliphatic heterocycles. The summed E-state index contributed by atoms with van der Waals surface area (Å²) in [6, 6.07) is 13.2. The number of aryl methyl sites for hydroxylation is 2. The fraction of sp³-hybridized carbons (Fsp3) is 0.333. The van der Waals surface area contributed by atoms with E-state index in [0.29, 0.717) is 0 Å². The second-order valence-electron chi connectivity index (χ2n) is 5.82. The van der Waals surface area contributed by atoms with Crippen LogP contribution < -0.4 is 10.6 Å². The van der Waals surface area contributed by atoms with Gasteiger partial charge in [-0.15, -0.1) is 0 Å². The van der Waals surface area contributed by atoms with E-state index >= 15 is 0 Å². The van der Waals surface area contributed by atoms with Crippen LogP contribution in [-0.4, -0.2) is 13.1 Å². The molecular formula is C18H23BrN2. The average molecular weight is 347 g/mol. The fourth-order valence-corrected chi connectivity index (χ4v) is 3.32. The molecule has 0 saturated heterocycles. The third kappa shape index (κ3) is 3.86. The van der Waals surface area contributed by atoms with Gasteiger partial charge >= 0.3 is 0 Å². The molecule has 2 aromatic carbocycles. The van der Waals surface area contributed by atoms with Crippen molar-refractivity contribution in [3.63, 3.8) is 0 Å². The molecule has 2 N–H and O–H groups in total. The Hall–Kier alpha value is -1.32. The van der Waals surface area contributed by atoms with Crippen LogP contribution >= 0.6 is 15.9 Å². The highest BCUT2D eigenvalue weighted by molar-refractivity contribution is 9.10. The van der Waals surface area contributed by atoms with Crippen LogP contribution in [-0.2, 0) is 6.42 Å². The van der Waals surface area contributed by atoms with Crippen LogP contribution in [0.1, 0.15) is 23.6 Å². The maximum atomic E-state index is 5.87. The Morgan fingerprint density at radius 2 is 1.76 bits per heavy atom. The van der Waals surface area contributed by atoms with Crippen molar-refractivity contribution in [1.29, 1.82) is 0 Å². The first-order valence-corrected chi connectivity index (χ1v) is 8.02. The summed E-state index contributed by atoms with van der Waals surface area (Å²) in [6.07, 6.45) is 0.895. The Labute approximate surface area is 136 Å². The van der Waals surface area contributed by atoms with E-state index in [2.05, 4.69) is 78.1 Å². The molecule has 0 spiro atoms. The number of rotatable bonds is 4. The molecule has 3 heteroatoms. The number of halogens is 1. The van der Waals surface area contributed by atoms with E-state index in [1.807, 2.05) is 6.92 Å². The maximum absolute atomic E-state index is 5.87. The SMILES string of the molecule is Cc1ccc(N(C)c2ccc(CC(C)N)cc2Br)c(C)c1. The lowest BCUT2D eigenvalue weighted by Gasteiger charge is -2.23. The maximum Gasteiger partial charge on any atom is 0.0552 e. The van der Waals surface area contributed by atoms with Crippen LogP contribution in [0.15, 0.2) is 40.9 Å². The topological polar surface area (TPSA) is 29.3 Å². The van der Waals surface area contributed by atoms with Crippen molar-refractivity contribution in [3.8, 4) is 0 Å². The standard InChI is InChI=1S/C18H23BrN2/c1-12-5-7-17(13(2)9-12)21(4)18-8-6-15(10-14(3)20)11-16(18)19/h5-9,11,14H,10,20H2,1-4H3. The van der Waals surface area contributed by atoms with E-state index in [1.54, 1.807) is 0 Å². The summed E-state index contributed by atoms with van der Waals surface area (Å²) in [6.45, 7) is 6.30. The van der Waals surface area contributed by atoms with Crippen molar-refractivity contribution in [2.75, 3.05) is 11.9 Å². The van der Waals surface area contributed by atoms with Gasteiger partial charge in [0, 0.05) is 23.2 Å². The molecule has 0 bridgehead atoms. The first-order valence-electron chi connectivity index (χ1n) is 7.23. The van der Waals surface area contributed by atoms with Gasteiger partial charge in [0.25, 0.3) is 0 Å². The molecule has 0 fully saturated rings. The molecule has 0 aromatic heterocycles. The van der Waals surface area contributed by atoms with Gasteiger partial charge in [0.15, 0.2) is 0 Å². The lowest BCUT2D eigenvalue weighted by molar-refractivity contribution is 0.738. The summed E-state index contributed by atoms with van der Waals surface area (Å²) < 4.78 is 1.10. The van der Waals surface area contributed by atoms with Crippen LogP contribution in [0.3, 0.4) is 0 Å². The largest absolute Gasteiger partial charge is 0.343 e. The van der Waals surface area contributed by atoms with Crippen molar-refractivity contribution in [2.45, 2.75) is 33.2 Å². The second kappa shape index (κ2) is 6.63. The zero-order valence-corrected chi connectivity index (χ0v) is 14.7. The first-order chi connectivity index (χ1) is 9.88. The fourth-order valence-electron chi connectivity index (χ4n) is 2.63. The van der Waals surface area contributed by atoms with Gasteiger partial charge in [-0.3, -0.25) is 0 Å². The van der Waals surface area contributed by atoms with Gasteiger partial charge in [0.05, 0.1) is 5.69 Å². The molecule has 0 heterocycles. The average Bonchev–Trinajstić information content (AvgIpc) is 2.37. The molecule has 1 atom stereocenters. The molecule has 2 rings (SSSR count). The van der Waals surface area contributed by atoms with Crippen molar-refractivity contribution in [2.24, 2.45) is 5.73 Å². The first kappa shape index (κ1) is 16.1. The third-order valence-electron chi connectivity index (χ3n) is 3.64. The van der Waals surface area contributed by atoms with E-state index in [-0.39, 0.29) is 6.04 Å². The highest BCUT2D eigenvalue weighted by Gasteiger charge is 2.11. The normalized spacial score (nSPS) is 12.3. The molecular weight excluding hydrogens is 324 g/mol. The minimum atomic E-state index is 0.180. The van der Waals surface area contributed by atoms with E-state index in [0.717, 1.165) is 16.6 Å². The quantitative estimate of drug-likeness (QED) is 0.867. The zero-order valence-electron chi connectivity index (χ0n) is 13.2. The molecule has 0 amide bonds. The molecule has 0 aliphatic rings. The molecule has 2 aromatic rings. The van der Waals surface area contributed by atoms with Crippen LogP contribution in [0, 0.1) is 13.8 Å². The number of anilines is 2. The number of hydrogen-bond donors (Lipinski definition) is 1. The number of nitrogens with zero attached hydrogens (tertiary/aromatic N) is 1. The molecule has 0 aliphatic carbocycles. The van der Waals surface area contributed by atoms with Crippen molar-refractivity contribution in [1.82, 2.24) is 0 Å². The van der Waals surface area contributed by atoms with Crippen LogP contribution in [0.2, 0.25) is 0 Å². The Kier molecular flexibility index (Phi) is 5.07. The van der Waals surface area contributed by atoms with Gasteiger partial charge in [-0.25, -0.2) is 0 Å². The van der Waals surface area contributed by atoms with Crippen LogP contribution in [0.4, 0.5) is 11.4 Å². The van der Waals surface area contributed by atoms with Crippen molar-refractivity contribution >= 4 is 27.3 Å². The third-order valence-corrected chi connectivity index (χ3v) is 4.28. The predicted octanol–water partition coefficient (Wildman–Crippen LogP) is 4.72. The van der Waals surface area contributed by atoms with Gasteiger partial charge in [-0.05, 0) is 72.4 Å². The second-order valence-corrected chi connectivity index (χ2v) is 6.67. The lowest BCUT2D eigenvalue weighted by atomic mass is 10.1. The summed E-state index contributed by atoms with van der Waals surface area (Å²) in [5.41, 5.74) is 12.1. The Morgan fingerprint density at radius 3 is 2.33 bits per heavy atom. The minimum Gasteiger partial charge on any atom is -0.343 e. The smallest absolute Gasteiger partial charge is 0.0552 e. The molecule has 2 nitrogen and oxygen atoms in total. The van der Waals surface area contributed by atoms with Gasteiger partial charge in [-0.2, -0.15) is 0 Å². The summed E-state index contributed by atoms with van der Waals surface area (Å²) in [5.74, 6) is 0. The predicted molar refractivity (Wildman–Crippen MR) is 95.5 cm³/mol. The summed E-state index contributed by atoms with van der Waals surface area (Å²) in [5, 5.41) is 0. The van der Waals surface area contributed by atoms with Crippen LogP contribution in [0.25, 0.3) is 0 Å². The highest BCUT2D eigenvalue weighted by Crippen LogP contribution is 2.33. The van der Waals surface area contributed by atoms with Crippen molar-refractivity contribution < 1.29 is 0 Å². The Morgan fingerprint density at radius 1 is 1.10 bits per heavy atom. The molecule has 1 unspecified atom stereocenters. The summed E-state index contributed by atoms with van der Waals surface area (Å²) in [7, 11) is 2.10. The number of nitrogens with two attached hydrogens (primary N) is 1. The molecule has 21 heavy (non-hydrogen) atoms. The Bertz CT molecular complexity index is 635. The van der Waals surface area contributed by atoms with E-state index in [9.17, 15) is 0 Å². The molecule has 112 valence electrons. The van der Waals surface area contributed by atoms with Gasteiger partial charge in [0.1, 0.15) is 0 Å². The monoisotopic (exact) mass is 346 g/mol. The van der Waals surface area contributed by atoms with E-state index in [1.165, 1.54) is 22.4 Å². The van der Waals surface area contributed by atoms with E-state index in [4.69, 9.17) is 5.73 Å². The van der Waals surface area contributed by atoms with Gasteiger partial charge in [-0.1, -0.05) is 23.8 Å². The van der Waals surface area contributed by atoms with Crippen LogP contribution in [0.5, 0.6) is 0 Å². The van der Waals surface area contributed by atoms with E-state index < -0.39 is 0 Å². The minimum absolute atomic E-state index is 0.180. The summed E-state index contributed by atoms with van der Waals surface area (Å²) >= 11 is 3.69. The molecule has 0 saturated carbocycles. The number of hydrogen-bond acceptors (Lipinski definition) is 2. The van der Waals surface area contributed by atoms with Gasteiger partial charge < -0.3 is 10.6 Å². The number of benzene rings is 2. The van der Waals surface area contributed by atoms with Crippen molar-refractivity contribution in [3.05, 3.63) is 57.6 Å². The Balaban J connectivity index is 2.32. The van der Waals surface area contributed by atoms with Gasteiger partial charge in [0.2, 0.25) is 0 Å². The highest BCUT2D eigenvalue weighted by atomic mass is 79.9. The molecule has 0 radical (unpaired) electrons. The summed E-state index contributed by atoms with van der Waals surface area (Å²) in [4.78, 5) is 2.22. The lowest BCUT2D eigenvalue weighted by Crippen LogP contribution is -2.18.